The van der Waals surface area contributed by atoms with Crippen molar-refractivity contribution >= 4 is 97.9 Å². The van der Waals surface area contributed by atoms with E-state index in [9.17, 15) is 0 Å². The van der Waals surface area contributed by atoms with Gasteiger partial charge >= 0.3 is 80.6 Å². The van der Waals surface area contributed by atoms with Crippen LogP contribution >= 0.6 is 0 Å². The summed E-state index contributed by atoms with van der Waals surface area (Å²) in [5, 5.41) is 0. The zero-order valence-electron chi connectivity index (χ0n) is 6.12. The van der Waals surface area contributed by atoms with Crippen molar-refractivity contribution in [3.63, 3.8) is 0 Å². The van der Waals surface area contributed by atoms with Gasteiger partial charge in [0.05, 0.1) is 0 Å². The summed E-state index contributed by atoms with van der Waals surface area (Å²) in [6, 6.07) is 0. The van der Waals surface area contributed by atoms with Gasteiger partial charge in [0.2, 0.25) is 0 Å². The van der Waals surface area contributed by atoms with Gasteiger partial charge in [-0.3, -0.25) is 0 Å². The maximum absolute atomic E-state index is 0. The normalized spacial score (nSPS) is 0. The van der Waals surface area contributed by atoms with Crippen LogP contribution in [0.5, 0.6) is 0 Å². The van der Waals surface area contributed by atoms with Gasteiger partial charge in [-0.25, -0.2) is 0 Å². The fourth-order valence-corrected chi connectivity index (χ4v) is 0. The second-order valence-corrected chi connectivity index (χ2v) is 0. The fourth-order valence-electron chi connectivity index (χ4n) is 0. The summed E-state index contributed by atoms with van der Waals surface area (Å²) >= 11 is 0. The van der Waals surface area contributed by atoms with Gasteiger partial charge < -0.3 is 5.71 Å². The van der Waals surface area contributed by atoms with E-state index in [2.05, 4.69) is 0 Å². The molecule has 0 saturated carbocycles. The quantitative estimate of drug-likeness (QED) is 0.402. The van der Waals surface area contributed by atoms with Crippen molar-refractivity contribution < 1.29 is 25.2 Å². The molecule has 0 unspecified atom stereocenters. The molecule has 0 rings (SSSR count). The Morgan fingerprint density at radius 3 is 1.20 bits per heavy atom. The van der Waals surface area contributed by atoms with Crippen molar-refractivity contribution in [1.29, 1.82) is 0 Å². The van der Waals surface area contributed by atoms with Crippen molar-refractivity contribution in [2.45, 2.75) is 0 Å². The third-order valence-corrected chi connectivity index (χ3v) is 0. The smallest absolute Gasteiger partial charge is 1.00 e. The average molecular weight is 237 g/mol. The molecule has 0 fully saturated rings. The molecule has 0 aliphatic heterocycles. The Labute approximate surface area is 121 Å². The minimum Gasteiger partial charge on any atom is -1.00 e. The van der Waals surface area contributed by atoms with Gasteiger partial charge in [-0.2, -0.15) is 0 Å². The summed E-state index contributed by atoms with van der Waals surface area (Å²) < 4.78 is 0. The predicted octanol–water partition coefficient (Wildman–Crippen LogP) is -2.68. The summed E-state index contributed by atoms with van der Waals surface area (Å²) in [7, 11) is 0. The molecule has 0 aliphatic rings. The molecule has 0 radical (unpaired) electrons. The van der Waals surface area contributed by atoms with Gasteiger partial charge in [0, 0.05) is 19.5 Å². The van der Waals surface area contributed by atoms with E-state index in [0.29, 0.717) is 0 Å². The van der Waals surface area contributed by atoms with Crippen LogP contribution in [0.3, 0.4) is 0 Å². The topological polar surface area (TPSA) is 0 Å². The van der Waals surface area contributed by atoms with Gasteiger partial charge in [0.1, 0.15) is 0 Å². The molecular formula is H10AlCaGaMgZn. The molecule has 0 N–H and O–H groups in total. The monoisotopic (exact) mass is 234 g/mol. The van der Waals surface area contributed by atoms with Gasteiger partial charge in [0.15, 0.2) is 17.4 Å². The Morgan fingerprint density at radius 1 is 1.20 bits per heavy atom. The molecular weight excluding hydrogens is 226 g/mol. The largest absolute Gasteiger partial charge is 2.00 e. The first-order valence-corrected chi connectivity index (χ1v) is 0. The third-order valence-electron chi connectivity index (χ3n) is 0. The Hall–Kier alpha value is 3.82. The van der Waals surface area contributed by atoms with Crippen molar-refractivity contribution in [2.24, 2.45) is 0 Å². The molecule has 0 atom stereocenters. The summed E-state index contributed by atoms with van der Waals surface area (Å²) in [6.07, 6.45) is 0. The van der Waals surface area contributed by atoms with E-state index in [-0.39, 0.29) is 123 Å². The first kappa shape index (κ1) is 37.0. The Balaban J connectivity index is 0. The third kappa shape index (κ3) is 18.2. The van der Waals surface area contributed by atoms with Crippen molar-refractivity contribution in [2.75, 3.05) is 0 Å². The molecule has 0 saturated heterocycles. The van der Waals surface area contributed by atoms with Crippen LogP contribution in [-0.2, 0) is 19.5 Å². The van der Waals surface area contributed by atoms with E-state index in [0.717, 1.165) is 0 Å². The number of rotatable bonds is 0. The summed E-state index contributed by atoms with van der Waals surface area (Å²) in [6.45, 7) is 0. The first-order valence-electron chi connectivity index (χ1n) is 0. The predicted molar refractivity (Wildman–Crippen MR) is 35.8 cm³/mol. The van der Waals surface area contributed by atoms with Crippen LogP contribution < -0.4 is 0 Å². The van der Waals surface area contributed by atoms with Gasteiger partial charge in [-0.1, -0.05) is 0 Å². The van der Waals surface area contributed by atoms with Gasteiger partial charge in [0.25, 0.3) is 0 Å². The van der Waals surface area contributed by atoms with E-state index in [4.69, 9.17) is 0 Å². The number of hydrogen-bond donors (Lipinski definition) is 0. The van der Waals surface area contributed by atoms with Crippen LogP contribution in [0.2, 0.25) is 0 Å². The van der Waals surface area contributed by atoms with Crippen molar-refractivity contribution in [3.05, 3.63) is 0 Å². The second kappa shape index (κ2) is 24.9. The minimum absolute atomic E-state index is 0. The molecule has 0 nitrogen and oxygen atoms in total. The second-order valence-electron chi connectivity index (χ2n) is 0. The first-order chi connectivity index (χ1) is 0. The molecule has 22 valence electrons. The van der Waals surface area contributed by atoms with E-state index < -0.39 is 0 Å². The standard InChI is InChI=1S/Al.Ca.Ga.Mg.Zn.10H/q;+2;;+2;;;;;;;;4*-1. The maximum atomic E-state index is 0. The molecule has 0 aliphatic carbocycles. The number of hydrogen-bond acceptors (Lipinski definition) is 0. The van der Waals surface area contributed by atoms with Crippen molar-refractivity contribution in [1.82, 2.24) is 0 Å². The summed E-state index contributed by atoms with van der Waals surface area (Å²) in [4.78, 5) is 0. The summed E-state index contributed by atoms with van der Waals surface area (Å²) in [5.41, 5.74) is 0. The van der Waals surface area contributed by atoms with E-state index >= 15 is 0 Å². The SMILES string of the molecule is [AlH3].[Ca+2].[GaH3].[H-].[H-].[H-].[H-].[Mg+2].[Zn]. The molecule has 0 aromatic carbocycles. The molecule has 0 spiro atoms. The van der Waals surface area contributed by atoms with Crippen LogP contribution in [0.15, 0.2) is 0 Å². The molecule has 5 heavy (non-hydrogen) atoms. The zero-order chi connectivity index (χ0) is 0. The van der Waals surface area contributed by atoms with Crippen LogP contribution in [0.1, 0.15) is 5.71 Å². The summed E-state index contributed by atoms with van der Waals surface area (Å²) in [5.74, 6) is 0. The average Bonchev–Trinajstić information content (AvgIpc) is 0. The Kier molecular flexibility index (Phi) is 184. The van der Waals surface area contributed by atoms with E-state index in [1.807, 2.05) is 0 Å². The molecule has 0 aromatic heterocycles. The Bertz CT molecular complexity index is 20.5. The van der Waals surface area contributed by atoms with Crippen LogP contribution in [0.25, 0.3) is 0 Å². The molecule has 0 amide bonds. The Morgan fingerprint density at radius 2 is 1.20 bits per heavy atom. The fraction of sp³-hybridized carbons (Fsp3) is 0. The van der Waals surface area contributed by atoms with Gasteiger partial charge in [-0.15, -0.1) is 0 Å². The molecule has 0 bridgehead atoms. The molecule has 0 heterocycles. The van der Waals surface area contributed by atoms with Crippen LogP contribution in [-0.4, -0.2) is 97.9 Å². The van der Waals surface area contributed by atoms with Crippen molar-refractivity contribution in [3.8, 4) is 0 Å². The van der Waals surface area contributed by atoms with Crippen LogP contribution in [0.4, 0.5) is 0 Å². The minimum atomic E-state index is 0. The van der Waals surface area contributed by atoms with Crippen LogP contribution in [0, 0.1) is 0 Å². The van der Waals surface area contributed by atoms with E-state index in [1.54, 1.807) is 0 Å². The van der Waals surface area contributed by atoms with E-state index in [1.165, 1.54) is 0 Å². The zero-order valence-corrected chi connectivity index (χ0v) is 8.71. The van der Waals surface area contributed by atoms with Gasteiger partial charge in [-0.05, 0) is 0 Å². The molecule has 5 heteroatoms. The maximum Gasteiger partial charge on any atom is 2.00 e. The molecule has 0 aromatic rings.